The monoisotopic (exact) mass is 278 g/mol. The molecule has 0 bridgehead atoms. The first-order valence-electron chi connectivity index (χ1n) is 6.29. The van der Waals surface area contributed by atoms with Crippen molar-refractivity contribution in [2.75, 3.05) is 13.1 Å². The summed E-state index contributed by atoms with van der Waals surface area (Å²) in [4.78, 5) is 33.7. The van der Waals surface area contributed by atoms with Gasteiger partial charge in [0.15, 0.2) is 5.78 Å². The van der Waals surface area contributed by atoms with Gasteiger partial charge >= 0.3 is 5.97 Å². The SMILES string of the molecule is CC(=O)NCCNC(CC(=O)O)C(=O)c1ccccc1. The van der Waals surface area contributed by atoms with Crippen LogP contribution in [0, 0.1) is 0 Å². The molecule has 6 heteroatoms. The van der Waals surface area contributed by atoms with Gasteiger partial charge in [-0.25, -0.2) is 0 Å². The van der Waals surface area contributed by atoms with Gasteiger partial charge in [0.25, 0.3) is 0 Å². The summed E-state index contributed by atoms with van der Waals surface area (Å²) in [5.41, 5.74) is 0.464. The van der Waals surface area contributed by atoms with E-state index in [-0.39, 0.29) is 18.1 Å². The zero-order valence-corrected chi connectivity index (χ0v) is 11.3. The summed E-state index contributed by atoms with van der Waals surface area (Å²) in [7, 11) is 0. The average molecular weight is 278 g/mol. The molecule has 0 spiro atoms. The summed E-state index contributed by atoms with van der Waals surface area (Å²) in [6.07, 6.45) is -0.298. The first kappa shape index (κ1) is 15.8. The quantitative estimate of drug-likeness (QED) is 0.473. The molecule has 0 saturated carbocycles. The number of carbonyl (C=O) groups is 3. The largest absolute Gasteiger partial charge is 0.481 e. The fourth-order valence-electron chi connectivity index (χ4n) is 1.72. The molecular formula is C14H18N2O4. The molecule has 1 amide bonds. The maximum Gasteiger partial charge on any atom is 0.305 e. The van der Waals surface area contributed by atoms with Gasteiger partial charge in [-0.3, -0.25) is 14.4 Å². The Bertz CT molecular complexity index is 473. The summed E-state index contributed by atoms with van der Waals surface area (Å²) in [5, 5.41) is 14.3. The molecule has 108 valence electrons. The highest BCUT2D eigenvalue weighted by molar-refractivity contribution is 6.01. The van der Waals surface area contributed by atoms with Gasteiger partial charge in [0.1, 0.15) is 0 Å². The number of carbonyl (C=O) groups excluding carboxylic acids is 2. The highest BCUT2D eigenvalue weighted by Gasteiger charge is 2.22. The van der Waals surface area contributed by atoms with E-state index in [1.165, 1.54) is 6.92 Å². The van der Waals surface area contributed by atoms with Crippen molar-refractivity contribution in [3.8, 4) is 0 Å². The molecule has 0 aromatic heterocycles. The van der Waals surface area contributed by atoms with E-state index in [0.717, 1.165) is 0 Å². The zero-order valence-electron chi connectivity index (χ0n) is 11.3. The van der Waals surface area contributed by atoms with Gasteiger partial charge in [0.2, 0.25) is 5.91 Å². The van der Waals surface area contributed by atoms with Gasteiger partial charge < -0.3 is 15.7 Å². The molecule has 0 fully saturated rings. The first-order chi connectivity index (χ1) is 9.50. The van der Waals surface area contributed by atoms with Crippen LogP contribution >= 0.6 is 0 Å². The molecule has 20 heavy (non-hydrogen) atoms. The maximum atomic E-state index is 12.2. The first-order valence-corrected chi connectivity index (χ1v) is 6.29. The number of benzene rings is 1. The van der Waals surface area contributed by atoms with Crippen LogP contribution in [0.1, 0.15) is 23.7 Å². The predicted molar refractivity (Wildman–Crippen MR) is 73.5 cm³/mol. The van der Waals surface area contributed by atoms with Crippen LogP contribution < -0.4 is 10.6 Å². The molecule has 0 aliphatic rings. The van der Waals surface area contributed by atoms with Crippen LogP contribution in [0.3, 0.4) is 0 Å². The van der Waals surface area contributed by atoms with Crippen molar-refractivity contribution in [3.05, 3.63) is 35.9 Å². The number of nitrogens with one attached hydrogen (secondary N) is 2. The van der Waals surface area contributed by atoms with Gasteiger partial charge in [-0.2, -0.15) is 0 Å². The Balaban J connectivity index is 2.61. The van der Waals surface area contributed by atoms with E-state index in [4.69, 9.17) is 5.11 Å². The Morgan fingerprint density at radius 1 is 1.15 bits per heavy atom. The van der Waals surface area contributed by atoms with E-state index in [1.807, 2.05) is 0 Å². The number of carboxylic acid groups (broad SMARTS) is 1. The maximum absolute atomic E-state index is 12.2. The molecule has 1 aromatic rings. The Morgan fingerprint density at radius 2 is 1.80 bits per heavy atom. The second-order valence-electron chi connectivity index (χ2n) is 4.32. The van der Waals surface area contributed by atoms with Crippen molar-refractivity contribution in [3.63, 3.8) is 0 Å². The van der Waals surface area contributed by atoms with Crippen molar-refractivity contribution >= 4 is 17.7 Å². The lowest BCUT2D eigenvalue weighted by Crippen LogP contribution is -2.42. The van der Waals surface area contributed by atoms with Gasteiger partial charge in [0, 0.05) is 25.6 Å². The molecular weight excluding hydrogens is 260 g/mol. The van der Waals surface area contributed by atoms with E-state index < -0.39 is 12.0 Å². The van der Waals surface area contributed by atoms with Crippen LogP contribution in [0.5, 0.6) is 0 Å². The summed E-state index contributed by atoms with van der Waals surface area (Å²) in [5.74, 6) is -1.49. The van der Waals surface area contributed by atoms with Crippen molar-refractivity contribution < 1.29 is 19.5 Å². The van der Waals surface area contributed by atoms with Crippen LogP contribution in [-0.2, 0) is 9.59 Å². The number of amides is 1. The van der Waals surface area contributed by atoms with Crippen LogP contribution in [0.15, 0.2) is 30.3 Å². The third-order valence-electron chi connectivity index (χ3n) is 2.64. The lowest BCUT2D eigenvalue weighted by molar-refractivity contribution is -0.137. The fraction of sp³-hybridized carbons (Fsp3) is 0.357. The molecule has 3 N–H and O–H groups in total. The van der Waals surface area contributed by atoms with E-state index in [1.54, 1.807) is 30.3 Å². The molecule has 1 aromatic carbocycles. The van der Waals surface area contributed by atoms with Gasteiger partial charge in [0.05, 0.1) is 12.5 Å². The van der Waals surface area contributed by atoms with Crippen LogP contribution in [0.4, 0.5) is 0 Å². The summed E-state index contributed by atoms with van der Waals surface area (Å²) in [6, 6.07) is 7.72. The minimum Gasteiger partial charge on any atom is -0.481 e. The third-order valence-corrected chi connectivity index (χ3v) is 2.64. The molecule has 0 saturated heterocycles. The molecule has 1 atom stereocenters. The molecule has 0 radical (unpaired) electrons. The van der Waals surface area contributed by atoms with Gasteiger partial charge in [-0.1, -0.05) is 30.3 Å². The fourth-order valence-corrected chi connectivity index (χ4v) is 1.72. The molecule has 0 aliphatic carbocycles. The standard InChI is InChI=1S/C14H18N2O4/c1-10(17)15-7-8-16-12(9-13(18)19)14(20)11-5-3-2-4-6-11/h2-6,12,16H,7-9H2,1H3,(H,15,17)(H,18,19). The van der Waals surface area contributed by atoms with Crippen LogP contribution in [-0.4, -0.2) is 41.9 Å². The predicted octanol–water partition coefficient (Wildman–Crippen LogP) is 0.438. The lowest BCUT2D eigenvalue weighted by atomic mass is 10.0. The second kappa shape index (κ2) is 8.06. The summed E-state index contributed by atoms with van der Waals surface area (Å²) < 4.78 is 0. The van der Waals surface area contributed by atoms with Crippen LogP contribution in [0.2, 0.25) is 0 Å². The molecule has 0 aliphatic heterocycles. The zero-order chi connectivity index (χ0) is 15.0. The van der Waals surface area contributed by atoms with Gasteiger partial charge in [-0.05, 0) is 0 Å². The topological polar surface area (TPSA) is 95.5 Å². The molecule has 0 heterocycles. The number of Topliss-reactive ketones (excluding diaryl/α,β-unsaturated/α-hetero) is 1. The van der Waals surface area contributed by atoms with Crippen LogP contribution in [0.25, 0.3) is 0 Å². The Labute approximate surface area is 117 Å². The highest BCUT2D eigenvalue weighted by atomic mass is 16.4. The number of aliphatic carboxylic acids is 1. The number of rotatable bonds is 8. The lowest BCUT2D eigenvalue weighted by Gasteiger charge is -2.16. The number of carboxylic acids is 1. The molecule has 1 unspecified atom stereocenters. The minimum atomic E-state index is -1.05. The summed E-state index contributed by atoms with van der Waals surface area (Å²) in [6.45, 7) is 2.06. The van der Waals surface area contributed by atoms with E-state index in [9.17, 15) is 14.4 Å². The highest BCUT2D eigenvalue weighted by Crippen LogP contribution is 2.06. The van der Waals surface area contributed by atoms with Crippen molar-refractivity contribution in [2.24, 2.45) is 0 Å². The second-order valence-corrected chi connectivity index (χ2v) is 4.32. The molecule has 6 nitrogen and oxygen atoms in total. The smallest absolute Gasteiger partial charge is 0.305 e. The number of hydrogen-bond donors (Lipinski definition) is 3. The number of hydrogen-bond acceptors (Lipinski definition) is 4. The number of ketones is 1. The van der Waals surface area contributed by atoms with Crippen molar-refractivity contribution in [1.29, 1.82) is 0 Å². The van der Waals surface area contributed by atoms with E-state index >= 15 is 0 Å². The van der Waals surface area contributed by atoms with Gasteiger partial charge in [-0.15, -0.1) is 0 Å². The Kier molecular flexibility index (Phi) is 6.39. The average Bonchev–Trinajstić information content (AvgIpc) is 2.41. The third kappa shape index (κ3) is 5.62. The van der Waals surface area contributed by atoms with E-state index in [2.05, 4.69) is 10.6 Å². The van der Waals surface area contributed by atoms with Crippen molar-refractivity contribution in [2.45, 2.75) is 19.4 Å². The van der Waals surface area contributed by atoms with E-state index in [0.29, 0.717) is 18.7 Å². The normalized spacial score (nSPS) is 11.7. The molecule has 1 rings (SSSR count). The Morgan fingerprint density at radius 3 is 2.35 bits per heavy atom. The summed E-state index contributed by atoms with van der Waals surface area (Å²) >= 11 is 0. The minimum absolute atomic E-state index is 0.170. The van der Waals surface area contributed by atoms with Crippen molar-refractivity contribution in [1.82, 2.24) is 10.6 Å². The Hall–Kier alpha value is -2.21.